The molecule has 0 atom stereocenters. The lowest BCUT2D eigenvalue weighted by Gasteiger charge is -2.20. The normalized spacial score (nSPS) is 13.3. The second-order valence-electron chi connectivity index (χ2n) is 7.39. The van der Waals surface area contributed by atoms with Gasteiger partial charge in [0.15, 0.2) is 0 Å². The highest BCUT2D eigenvalue weighted by atomic mass is 16.2. The lowest BCUT2D eigenvalue weighted by atomic mass is 10.0. The zero-order chi connectivity index (χ0) is 20.8. The Hall–Kier alpha value is -3.60. The maximum atomic E-state index is 12.6. The SMILES string of the molecule is O=C(CNc1ccccc1N1CCCC1=O)Nc1ccccc1Cc1ccccc1. The van der Waals surface area contributed by atoms with Gasteiger partial charge < -0.3 is 15.5 Å². The molecule has 1 aliphatic heterocycles. The van der Waals surface area contributed by atoms with E-state index in [4.69, 9.17) is 0 Å². The molecule has 152 valence electrons. The zero-order valence-corrected chi connectivity index (χ0v) is 16.8. The Labute approximate surface area is 176 Å². The van der Waals surface area contributed by atoms with Crippen LogP contribution in [0, 0.1) is 0 Å². The molecule has 30 heavy (non-hydrogen) atoms. The van der Waals surface area contributed by atoms with Crippen molar-refractivity contribution in [3.05, 3.63) is 90.0 Å². The smallest absolute Gasteiger partial charge is 0.243 e. The number of nitrogens with zero attached hydrogens (tertiary/aromatic N) is 1. The summed E-state index contributed by atoms with van der Waals surface area (Å²) in [7, 11) is 0. The molecule has 1 fully saturated rings. The van der Waals surface area contributed by atoms with E-state index in [1.54, 1.807) is 4.90 Å². The molecule has 2 amide bonds. The van der Waals surface area contributed by atoms with Crippen molar-refractivity contribution in [1.82, 2.24) is 0 Å². The second kappa shape index (κ2) is 9.27. The molecule has 3 aromatic rings. The molecule has 0 spiro atoms. The fourth-order valence-electron chi connectivity index (χ4n) is 3.74. The number of benzene rings is 3. The van der Waals surface area contributed by atoms with Crippen molar-refractivity contribution in [3.8, 4) is 0 Å². The molecule has 0 aromatic heterocycles. The van der Waals surface area contributed by atoms with E-state index in [9.17, 15) is 9.59 Å². The summed E-state index contributed by atoms with van der Waals surface area (Å²) in [6.07, 6.45) is 2.20. The molecule has 3 aromatic carbocycles. The van der Waals surface area contributed by atoms with Crippen LogP contribution in [-0.4, -0.2) is 24.9 Å². The van der Waals surface area contributed by atoms with Gasteiger partial charge in [-0.15, -0.1) is 0 Å². The lowest BCUT2D eigenvalue weighted by molar-refractivity contribution is -0.117. The summed E-state index contributed by atoms with van der Waals surface area (Å²) in [5.74, 6) is 0.00149. The van der Waals surface area contributed by atoms with Gasteiger partial charge in [0.1, 0.15) is 0 Å². The zero-order valence-electron chi connectivity index (χ0n) is 16.8. The highest BCUT2D eigenvalue weighted by Crippen LogP contribution is 2.29. The molecular weight excluding hydrogens is 374 g/mol. The number of nitrogens with one attached hydrogen (secondary N) is 2. The van der Waals surface area contributed by atoms with Crippen molar-refractivity contribution in [2.45, 2.75) is 19.3 Å². The molecule has 0 saturated carbocycles. The lowest BCUT2D eigenvalue weighted by Crippen LogP contribution is -2.27. The molecule has 0 radical (unpaired) electrons. The van der Waals surface area contributed by atoms with Gasteiger partial charge in [0.05, 0.1) is 17.9 Å². The van der Waals surface area contributed by atoms with Crippen LogP contribution < -0.4 is 15.5 Å². The van der Waals surface area contributed by atoms with Crippen LogP contribution in [-0.2, 0) is 16.0 Å². The monoisotopic (exact) mass is 399 g/mol. The topological polar surface area (TPSA) is 61.4 Å². The highest BCUT2D eigenvalue weighted by molar-refractivity contribution is 5.99. The first-order chi connectivity index (χ1) is 14.7. The Morgan fingerprint density at radius 2 is 1.57 bits per heavy atom. The van der Waals surface area contributed by atoms with Crippen LogP contribution >= 0.6 is 0 Å². The quantitative estimate of drug-likeness (QED) is 0.617. The standard InChI is InChI=1S/C25H25N3O2/c29-24(18-26-22-13-6-7-14-23(22)28-16-8-15-25(28)30)27-21-12-5-4-11-20(21)17-19-9-2-1-3-10-19/h1-7,9-14,26H,8,15-18H2,(H,27,29). The number of carbonyl (C=O) groups is 2. The Kier molecular flexibility index (Phi) is 6.09. The van der Waals surface area contributed by atoms with Crippen molar-refractivity contribution in [1.29, 1.82) is 0 Å². The number of anilines is 3. The fraction of sp³-hybridized carbons (Fsp3) is 0.200. The van der Waals surface area contributed by atoms with Gasteiger partial charge >= 0.3 is 0 Å². The number of rotatable bonds is 7. The van der Waals surface area contributed by atoms with Gasteiger partial charge in [0.2, 0.25) is 11.8 Å². The van der Waals surface area contributed by atoms with E-state index in [0.717, 1.165) is 42.0 Å². The van der Waals surface area contributed by atoms with Crippen LogP contribution in [0.1, 0.15) is 24.0 Å². The van der Waals surface area contributed by atoms with Crippen LogP contribution in [0.4, 0.5) is 17.1 Å². The average Bonchev–Trinajstić information content (AvgIpc) is 3.20. The van der Waals surface area contributed by atoms with Crippen LogP contribution in [0.5, 0.6) is 0 Å². The molecule has 5 heteroatoms. The van der Waals surface area contributed by atoms with Crippen LogP contribution in [0.25, 0.3) is 0 Å². The summed E-state index contributed by atoms with van der Waals surface area (Å²) in [4.78, 5) is 26.5. The molecule has 5 nitrogen and oxygen atoms in total. The van der Waals surface area contributed by atoms with Crippen molar-refractivity contribution < 1.29 is 9.59 Å². The third kappa shape index (κ3) is 4.69. The Bertz CT molecular complexity index is 1030. The predicted molar refractivity (Wildman–Crippen MR) is 121 cm³/mol. The van der Waals surface area contributed by atoms with E-state index >= 15 is 0 Å². The molecule has 2 N–H and O–H groups in total. The van der Waals surface area contributed by atoms with Gasteiger partial charge in [-0.1, -0.05) is 60.7 Å². The van der Waals surface area contributed by atoms with Crippen molar-refractivity contribution in [2.24, 2.45) is 0 Å². The van der Waals surface area contributed by atoms with Gasteiger partial charge in [-0.25, -0.2) is 0 Å². The summed E-state index contributed by atoms with van der Waals surface area (Å²) >= 11 is 0. The van der Waals surface area contributed by atoms with Crippen LogP contribution in [0.2, 0.25) is 0 Å². The first-order valence-electron chi connectivity index (χ1n) is 10.3. The number of hydrogen-bond acceptors (Lipinski definition) is 3. The van der Waals surface area contributed by atoms with Crippen molar-refractivity contribution in [3.63, 3.8) is 0 Å². The number of carbonyl (C=O) groups excluding carboxylic acids is 2. The average molecular weight is 399 g/mol. The summed E-state index contributed by atoms with van der Waals surface area (Å²) in [6, 6.07) is 25.7. The summed E-state index contributed by atoms with van der Waals surface area (Å²) in [5, 5.41) is 6.21. The van der Waals surface area contributed by atoms with Crippen LogP contribution in [0.15, 0.2) is 78.9 Å². The number of para-hydroxylation sites is 3. The first kappa shape index (κ1) is 19.7. The van der Waals surface area contributed by atoms with E-state index in [1.807, 2.05) is 66.7 Å². The van der Waals surface area contributed by atoms with Crippen molar-refractivity contribution in [2.75, 3.05) is 28.6 Å². The summed E-state index contributed by atoms with van der Waals surface area (Å²) < 4.78 is 0. The molecule has 0 aliphatic carbocycles. The maximum Gasteiger partial charge on any atom is 0.243 e. The molecule has 1 aliphatic rings. The molecule has 0 unspecified atom stereocenters. The Morgan fingerprint density at radius 1 is 0.867 bits per heavy atom. The molecule has 1 heterocycles. The Morgan fingerprint density at radius 3 is 2.33 bits per heavy atom. The second-order valence-corrected chi connectivity index (χ2v) is 7.39. The van der Waals surface area contributed by atoms with Gasteiger partial charge in [-0.05, 0) is 42.2 Å². The van der Waals surface area contributed by atoms with E-state index in [2.05, 4.69) is 22.8 Å². The van der Waals surface area contributed by atoms with Crippen LogP contribution in [0.3, 0.4) is 0 Å². The molecule has 4 rings (SSSR count). The predicted octanol–water partition coefficient (Wildman–Crippen LogP) is 4.45. The summed E-state index contributed by atoms with van der Waals surface area (Å²) in [5.41, 5.74) is 4.70. The number of hydrogen-bond donors (Lipinski definition) is 2. The van der Waals surface area contributed by atoms with Gasteiger partial charge in [-0.3, -0.25) is 9.59 Å². The Balaban J connectivity index is 1.41. The van der Waals surface area contributed by atoms with Gasteiger partial charge in [0, 0.05) is 18.7 Å². The third-order valence-electron chi connectivity index (χ3n) is 5.24. The van der Waals surface area contributed by atoms with Gasteiger partial charge in [-0.2, -0.15) is 0 Å². The largest absolute Gasteiger partial charge is 0.374 e. The van der Waals surface area contributed by atoms with E-state index in [0.29, 0.717) is 6.42 Å². The minimum Gasteiger partial charge on any atom is -0.374 e. The molecular formula is C25H25N3O2. The van der Waals surface area contributed by atoms with E-state index in [-0.39, 0.29) is 18.4 Å². The highest BCUT2D eigenvalue weighted by Gasteiger charge is 2.23. The minimum atomic E-state index is -0.127. The fourth-order valence-corrected chi connectivity index (χ4v) is 3.74. The van der Waals surface area contributed by atoms with E-state index < -0.39 is 0 Å². The van der Waals surface area contributed by atoms with Gasteiger partial charge in [0.25, 0.3) is 0 Å². The summed E-state index contributed by atoms with van der Waals surface area (Å²) in [6.45, 7) is 0.843. The van der Waals surface area contributed by atoms with Crippen molar-refractivity contribution >= 4 is 28.9 Å². The number of amides is 2. The molecule has 0 bridgehead atoms. The first-order valence-corrected chi connectivity index (χ1v) is 10.3. The maximum absolute atomic E-state index is 12.6. The molecule has 1 saturated heterocycles. The third-order valence-corrected chi connectivity index (χ3v) is 5.24. The minimum absolute atomic E-state index is 0.124. The van der Waals surface area contributed by atoms with E-state index in [1.165, 1.54) is 5.56 Å².